The second kappa shape index (κ2) is 6.56. The molecule has 0 spiro atoms. The first kappa shape index (κ1) is 13.9. The molecular weight excluding hydrogens is 228 g/mol. The Labute approximate surface area is 108 Å². The Morgan fingerprint density at radius 2 is 2.18 bits per heavy atom. The number of benzene rings is 1. The average molecular weight is 248 g/mol. The number of nitrogens with one attached hydrogen (secondary N) is 1. The zero-order chi connectivity index (χ0) is 12.7. The molecule has 3 heteroatoms. The summed E-state index contributed by atoms with van der Waals surface area (Å²) in [6.45, 7) is 4.89. The lowest BCUT2D eigenvalue weighted by Gasteiger charge is -2.15. The zero-order valence-electron chi connectivity index (χ0n) is 10.8. The van der Waals surface area contributed by atoms with Crippen molar-refractivity contribution in [2.45, 2.75) is 31.6 Å². The third kappa shape index (κ3) is 5.14. The summed E-state index contributed by atoms with van der Waals surface area (Å²) >= 11 is 1.75. The third-order valence-corrected chi connectivity index (χ3v) is 3.41. The summed E-state index contributed by atoms with van der Waals surface area (Å²) in [6, 6.07) is 10.7. The minimum Gasteiger partial charge on any atom is -0.385 e. The summed E-state index contributed by atoms with van der Waals surface area (Å²) in [7, 11) is 0. The van der Waals surface area contributed by atoms with Crippen molar-refractivity contribution in [3.05, 3.63) is 24.3 Å². The van der Waals surface area contributed by atoms with Crippen molar-refractivity contribution in [3.63, 3.8) is 0 Å². The van der Waals surface area contributed by atoms with Crippen molar-refractivity contribution >= 4 is 17.4 Å². The maximum Gasteiger partial charge on any atom is 0.0683 e. The number of nitriles is 1. The summed E-state index contributed by atoms with van der Waals surface area (Å²) in [5, 5.41) is 12.3. The van der Waals surface area contributed by atoms with Crippen molar-refractivity contribution in [3.8, 4) is 6.07 Å². The van der Waals surface area contributed by atoms with Gasteiger partial charge in [0, 0.05) is 17.1 Å². The predicted octanol–water partition coefficient (Wildman–Crippen LogP) is 4.15. The standard InChI is InChI=1S/C14H20N2S/c1-14(2,11-15)8-5-9-16-12-6-4-7-13(10-12)17-3/h4,6-7,10,16H,5,8-9H2,1-3H3. The Bertz CT molecular complexity index is 393. The number of anilines is 1. The molecule has 2 nitrogen and oxygen atoms in total. The lowest BCUT2D eigenvalue weighted by Crippen LogP contribution is -2.11. The Morgan fingerprint density at radius 3 is 2.82 bits per heavy atom. The van der Waals surface area contributed by atoms with Crippen LogP contribution in [0.5, 0.6) is 0 Å². The molecule has 1 N–H and O–H groups in total. The number of hydrogen-bond acceptors (Lipinski definition) is 3. The molecule has 0 aromatic heterocycles. The quantitative estimate of drug-likeness (QED) is 0.607. The van der Waals surface area contributed by atoms with Gasteiger partial charge in [-0.25, -0.2) is 0 Å². The van der Waals surface area contributed by atoms with E-state index in [1.165, 1.54) is 4.90 Å². The number of thioether (sulfide) groups is 1. The largest absolute Gasteiger partial charge is 0.385 e. The first-order valence-corrected chi connectivity index (χ1v) is 7.09. The van der Waals surface area contributed by atoms with Crippen LogP contribution < -0.4 is 5.32 Å². The van der Waals surface area contributed by atoms with Gasteiger partial charge in [0.05, 0.1) is 11.5 Å². The monoisotopic (exact) mass is 248 g/mol. The van der Waals surface area contributed by atoms with Crippen LogP contribution in [-0.4, -0.2) is 12.8 Å². The molecule has 1 aromatic carbocycles. The second-order valence-corrected chi connectivity index (χ2v) is 5.64. The topological polar surface area (TPSA) is 35.8 Å². The zero-order valence-corrected chi connectivity index (χ0v) is 11.6. The van der Waals surface area contributed by atoms with Crippen LogP contribution in [0.1, 0.15) is 26.7 Å². The van der Waals surface area contributed by atoms with Crippen molar-refractivity contribution in [1.82, 2.24) is 0 Å². The molecule has 0 bridgehead atoms. The molecule has 0 atom stereocenters. The van der Waals surface area contributed by atoms with Gasteiger partial charge in [-0.2, -0.15) is 5.26 Å². The van der Waals surface area contributed by atoms with E-state index >= 15 is 0 Å². The molecule has 0 aliphatic heterocycles. The van der Waals surface area contributed by atoms with Crippen LogP contribution >= 0.6 is 11.8 Å². The van der Waals surface area contributed by atoms with Gasteiger partial charge in [0.15, 0.2) is 0 Å². The molecule has 0 fully saturated rings. The van der Waals surface area contributed by atoms with E-state index in [4.69, 9.17) is 5.26 Å². The Hall–Kier alpha value is -1.14. The molecule has 0 aliphatic carbocycles. The van der Waals surface area contributed by atoms with Gasteiger partial charge in [0.1, 0.15) is 0 Å². The van der Waals surface area contributed by atoms with Crippen LogP contribution in [0.25, 0.3) is 0 Å². The van der Waals surface area contributed by atoms with Crippen molar-refractivity contribution in [1.29, 1.82) is 5.26 Å². The first-order valence-electron chi connectivity index (χ1n) is 5.86. The molecule has 0 aliphatic rings. The lowest BCUT2D eigenvalue weighted by atomic mass is 9.90. The molecule has 0 saturated heterocycles. The fourth-order valence-corrected chi connectivity index (χ4v) is 2.01. The summed E-state index contributed by atoms with van der Waals surface area (Å²) in [4.78, 5) is 1.27. The summed E-state index contributed by atoms with van der Waals surface area (Å²) in [5.41, 5.74) is 0.953. The van der Waals surface area contributed by atoms with E-state index in [2.05, 4.69) is 41.9 Å². The summed E-state index contributed by atoms with van der Waals surface area (Å²) in [6.07, 6.45) is 4.03. The van der Waals surface area contributed by atoms with Gasteiger partial charge in [-0.05, 0) is 51.1 Å². The minimum atomic E-state index is -0.206. The van der Waals surface area contributed by atoms with Crippen LogP contribution in [0.3, 0.4) is 0 Å². The number of nitrogens with zero attached hydrogens (tertiary/aromatic N) is 1. The smallest absolute Gasteiger partial charge is 0.0683 e. The normalized spacial score (nSPS) is 10.9. The number of rotatable bonds is 6. The molecule has 0 unspecified atom stereocenters. The molecule has 17 heavy (non-hydrogen) atoms. The highest BCUT2D eigenvalue weighted by Crippen LogP contribution is 2.21. The van der Waals surface area contributed by atoms with Crippen molar-refractivity contribution in [2.75, 3.05) is 18.1 Å². The van der Waals surface area contributed by atoms with E-state index < -0.39 is 0 Å². The van der Waals surface area contributed by atoms with Crippen LogP contribution in [0.15, 0.2) is 29.2 Å². The van der Waals surface area contributed by atoms with E-state index in [0.29, 0.717) is 0 Å². The van der Waals surface area contributed by atoms with Gasteiger partial charge in [-0.15, -0.1) is 11.8 Å². The van der Waals surface area contributed by atoms with E-state index in [-0.39, 0.29) is 5.41 Å². The highest BCUT2D eigenvalue weighted by Gasteiger charge is 2.15. The molecule has 0 radical (unpaired) electrons. The Morgan fingerprint density at radius 1 is 1.41 bits per heavy atom. The van der Waals surface area contributed by atoms with E-state index in [9.17, 15) is 0 Å². The predicted molar refractivity (Wildman–Crippen MR) is 75.3 cm³/mol. The molecule has 0 amide bonds. The lowest BCUT2D eigenvalue weighted by molar-refractivity contribution is 0.441. The average Bonchev–Trinajstić information content (AvgIpc) is 2.35. The van der Waals surface area contributed by atoms with Crippen molar-refractivity contribution < 1.29 is 0 Å². The van der Waals surface area contributed by atoms with Crippen molar-refractivity contribution in [2.24, 2.45) is 5.41 Å². The Kier molecular flexibility index (Phi) is 5.37. The first-order chi connectivity index (χ1) is 8.07. The van der Waals surface area contributed by atoms with Crippen LogP contribution in [0, 0.1) is 16.7 Å². The maximum atomic E-state index is 8.91. The van der Waals surface area contributed by atoms with Gasteiger partial charge >= 0.3 is 0 Å². The highest BCUT2D eigenvalue weighted by atomic mass is 32.2. The second-order valence-electron chi connectivity index (χ2n) is 4.76. The van der Waals surface area contributed by atoms with Gasteiger partial charge < -0.3 is 5.32 Å². The molecular formula is C14H20N2S. The van der Waals surface area contributed by atoms with Gasteiger partial charge in [0.25, 0.3) is 0 Å². The molecule has 0 saturated carbocycles. The number of hydrogen-bond donors (Lipinski definition) is 1. The van der Waals surface area contributed by atoms with Gasteiger partial charge in [-0.3, -0.25) is 0 Å². The van der Waals surface area contributed by atoms with Crippen LogP contribution in [-0.2, 0) is 0 Å². The van der Waals surface area contributed by atoms with E-state index in [0.717, 1.165) is 25.1 Å². The maximum absolute atomic E-state index is 8.91. The SMILES string of the molecule is CSc1cccc(NCCCC(C)(C)C#N)c1. The fraction of sp³-hybridized carbons (Fsp3) is 0.500. The summed E-state index contributed by atoms with van der Waals surface area (Å²) < 4.78 is 0. The fourth-order valence-electron chi connectivity index (χ4n) is 1.55. The summed E-state index contributed by atoms with van der Waals surface area (Å²) in [5.74, 6) is 0. The van der Waals surface area contributed by atoms with Gasteiger partial charge in [-0.1, -0.05) is 6.07 Å². The molecule has 1 aromatic rings. The van der Waals surface area contributed by atoms with Crippen LogP contribution in [0.4, 0.5) is 5.69 Å². The van der Waals surface area contributed by atoms with E-state index in [1.807, 2.05) is 13.8 Å². The molecule has 0 heterocycles. The van der Waals surface area contributed by atoms with Gasteiger partial charge in [0.2, 0.25) is 0 Å². The minimum absolute atomic E-state index is 0.206. The molecule has 92 valence electrons. The third-order valence-electron chi connectivity index (χ3n) is 2.68. The highest BCUT2D eigenvalue weighted by molar-refractivity contribution is 7.98. The Balaban J connectivity index is 2.34. The van der Waals surface area contributed by atoms with Crippen LogP contribution in [0.2, 0.25) is 0 Å². The molecule has 1 rings (SSSR count). The van der Waals surface area contributed by atoms with E-state index in [1.54, 1.807) is 11.8 Å².